The van der Waals surface area contributed by atoms with Gasteiger partial charge in [-0.3, -0.25) is 9.59 Å². The molecule has 8 nitrogen and oxygen atoms in total. The SMILES string of the molecule is CCOc1ccc(NC(=O)CNC(=O)C2CCN(S(=O)(=O)c3ccccc3)CC2)cc1. The van der Waals surface area contributed by atoms with E-state index in [0.717, 1.165) is 5.75 Å². The summed E-state index contributed by atoms with van der Waals surface area (Å²) in [5, 5.41) is 5.36. The molecule has 2 aromatic carbocycles. The number of nitrogens with one attached hydrogen (secondary N) is 2. The molecule has 1 saturated heterocycles. The highest BCUT2D eigenvalue weighted by atomic mass is 32.2. The summed E-state index contributed by atoms with van der Waals surface area (Å²) in [7, 11) is -3.55. The highest BCUT2D eigenvalue weighted by molar-refractivity contribution is 7.89. The van der Waals surface area contributed by atoms with Crippen molar-refractivity contribution in [1.82, 2.24) is 9.62 Å². The van der Waals surface area contributed by atoms with E-state index in [4.69, 9.17) is 4.74 Å². The first-order chi connectivity index (χ1) is 14.9. The molecule has 0 bridgehead atoms. The van der Waals surface area contributed by atoms with Crippen molar-refractivity contribution < 1.29 is 22.7 Å². The maximum atomic E-state index is 12.7. The van der Waals surface area contributed by atoms with Crippen molar-refractivity contribution in [2.75, 3.05) is 31.6 Å². The summed E-state index contributed by atoms with van der Waals surface area (Å²) in [6.45, 7) is 2.86. The van der Waals surface area contributed by atoms with Gasteiger partial charge in [0.25, 0.3) is 0 Å². The Labute approximate surface area is 182 Å². The molecular weight excluding hydrogens is 418 g/mol. The van der Waals surface area contributed by atoms with E-state index in [0.29, 0.717) is 25.1 Å². The Morgan fingerprint density at radius 2 is 1.68 bits per heavy atom. The fraction of sp³-hybridized carbons (Fsp3) is 0.364. The van der Waals surface area contributed by atoms with Crippen LogP contribution in [0.4, 0.5) is 5.69 Å². The first-order valence-corrected chi connectivity index (χ1v) is 11.7. The zero-order valence-electron chi connectivity index (χ0n) is 17.4. The lowest BCUT2D eigenvalue weighted by molar-refractivity contribution is -0.128. The maximum absolute atomic E-state index is 12.7. The molecule has 2 amide bonds. The van der Waals surface area contributed by atoms with Crippen molar-refractivity contribution in [2.45, 2.75) is 24.7 Å². The van der Waals surface area contributed by atoms with Gasteiger partial charge in [-0.2, -0.15) is 4.31 Å². The molecule has 0 unspecified atom stereocenters. The molecule has 1 aliphatic heterocycles. The quantitative estimate of drug-likeness (QED) is 0.648. The number of sulfonamides is 1. The van der Waals surface area contributed by atoms with E-state index in [9.17, 15) is 18.0 Å². The van der Waals surface area contributed by atoms with Crippen LogP contribution in [-0.4, -0.2) is 50.8 Å². The topological polar surface area (TPSA) is 105 Å². The first kappa shape index (κ1) is 22.8. The van der Waals surface area contributed by atoms with Crippen LogP contribution >= 0.6 is 0 Å². The normalized spacial score (nSPS) is 15.3. The molecule has 0 aromatic heterocycles. The van der Waals surface area contributed by atoms with Gasteiger partial charge in [-0.1, -0.05) is 18.2 Å². The second-order valence-corrected chi connectivity index (χ2v) is 9.15. The van der Waals surface area contributed by atoms with E-state index in [1.165, 1.54) is 4.31 Å². The van der Waals surface area contributed by atoms with Crippen LogP contribution in [0.15, 0.2) is 59.5 Å². The van der Waals surface area contributed by atoms with Crippen molar-refractivity contribution in [1.29, 1.82) is 0 Å². The summed E-state index contributed by atoms with van der Waals surface area (Å²) in [4.78, 5) is 24.8. The smallest absolute Gasteiger partial charge is 0.243 e. The first-order valence-electron chi connectivity index (χ1n) is 10.3. The molecular formula is C22H27N3O5S. The molecule has 0 aliphatic carbocycles. The third kappa shape index (κ3) is 6.05. The number of amides is 2. The van der Waals surface area contributed by atoms with E-state index in [1.807, 2.05) is 6.92 Å². The van der Waals surface area contributed by atoms with Gasteiger partial charge in [0.05, 0.1) is 18.0 Å². The average Bonchev–Trinajstić information content (AvgIpc) is 2.79. The van der Waals surface area contributed by atoms with Crippen LogP contribution in [0.2, 0.25) is 0 Å². The fourth-order valence-electron chi connectivity index (χ4n) is 3.42. The van der Waals surface area contributed by atoms with E-state index in [2.05, 4.69) is 10.6 Å². The Hall–Kier alpha value is -2.91. The highest BCUT2D eigenvalue weighted by Crippen LogP contribution is 2.23. The Morgan fingerprint density at radius 3 is 2.29 bits per heavy atom. The highest BCUT2D eigenvalue weighted by Gasteiger charge is 2.32. The van der Waals surface area contributed by atoms with Crippen LogP contribution in [0, 0.1) is 5.92 Å². The number of piperidine rings is 1. The number of anilines is 1. The van der Waals surface area contributed by atoms with Crippen LogP contribution < -0.4 is 15.4 Å². The Kier molecular flexibility index (Phi) is 7.64. The molecule has 31 heavy (non-hydrogen) atoms. The molecule has 0 spiro atoms. The predicted molar refractivity (Wildman–Crippen MR) is 117 cm³/mol. The Bertz CT molecular complexity index is 986. The van der Waals surface area contributed by atoms with Gasteiger partial charge in [-0.15, -0.1) is 0 Å². The average molecular weight is 446 g/mol. The predicted octanol–water partition coefficient (Wildman–Crippen LogP) is 2.24. The van der Waals surface area contributed by atoms with Crippen molar-refractivity contribution in [3.05, 3.63) is 54.6 Å². The lowest BCUT2D eigenvalue weighted by atomic mass is 9.97. The van der Waals surface area contributed by atoms with Gasteiger partial charge in [0.15, 0.2) is 0 Å². The number of nitrogens with zero attached hydrogens (tertiary/aromatic N) is 1. The minimum atomic E-state index is -3.55. The van der Waals surface area contributed by atoms with Gasteiger partial charge >= 0.3 is 0 Å². The molecule has 9 heteroatoms. The van der Waals surface area contributed by atoms with Gasteiger partial charge < -0.3 is 15.4 Å². The van der Waals surface area contributed by atoms with Gasteiger partial charge in [-0.05, 0) is 56.2 Å². The van der Waals surface area contributed by atoms with Gasteiger partial charge in [0.1, 0.15) is 5.75 Å². The van der Waals surface area contributed by atoms with Crippen LogP contribution in [0.5, 0.6) is 5.75 Å². The summed E-state index contributed by atoms with van der Waals surface area (Å²) < 4.78 is 32.1. The number of rotatable bonds is 8. The van der Waals surface area contributed by atoms with E-state index < -0.39 is 10.0 Å². The monoisotopic (exact) mass is 445 g/mol. The van der Waals surface area contributed by atoms with E-state index in [-0.39, 0.29) is 42.3 Å². The van der Waals surface area contributed by atoms with Gasteiger partial charge in [0, 0.05) is 24.7 Å². The molecule has 0 saturated carbocycles. The third-order valence-corrected chi connectivity index (χ3v) is 6.99. The van der Waals surface area contributed by atoms with Crippen molar-refractivity contribution in [2.24, 2.45) is 5.92 Å². The molecule has 0 atom stereocenters. The Morgan fingerprint density at radius 1 is 1.03 bits per heavy atom. The number of ether oxygens (including phenoxy) is 1. The molecule has 166 valence electrons. The van der Waals surface area contributed by atoms with E-state index >= 15 is 0 Å². The molecule has 1 heterocycles. The van der Waals surface area contributed by atoms with Crippen molar-refractivity contribution in [3.63, 3.8) is 0 Å². The second kappa shape index (κ2) is 10.4. The van der Waals surface area contributed by atoms with Gasteiger partial charge in [0.2, 0.25) is 21.8 Å². The van der Waals surface area contributed by atoms with E-state index in [1.54, 1.807) is 54.6 Å². The maximum Gasteiger partial charge on any atom is 0.243 e. The minimum absolute atomic E-state index is 0.144. The summed E-state index contributed by atoms with van der Waals surface area (Å²) in [6.07, 6.45) is 0.830. The zero-order chi connectivity index (χ0) is 22.3. The number of carbonyl (C=O) groups excluding carboxylic acids is 2. The zero-order valence-corrected chi connectivity index (χ0v) is 18.2. The van der Waals surface area contributed by atoms with Crippen molar-refractivity contribution >= 4 is 27.5 Å². The molecule has 1 aliphatic rings. The van der Waals surface area contributed by atoms with Gasteiger partial charge in [-0.25, -0.2) is 8.42 Å². The Balaban J connectivity index is 1.44. The molecule has 1 fully saturated rings. The van der Waals surface area contributed by atoms with Crippen LogP contribution in [0.25, 0.3) is 0 Å². The standard InChI is InChI=1S/C22H27N3O5S/c1-2-30-19-10-8-18(9-11-19)24-21(26)16-23-22(27)17-12-14-25(15-13-17)31(28,29)20-6-4-3-5-7-20/h3-11,17H,2,12-16H2,1H3,(H,23,27)(H,24,26). The number of carbonyl (C=O) groups is 2. The number of hydrogen-bond acceptors (Lipinski definition) is 5. The third-order valence-electron chi connectivity index (χ3n) is 5.08. The van der Waals surface area contributed by atoms with Crippen LogP contribution in [0.3, 0.4) is 0 Å². The lowest BCUT2D eigenvalue weighted by Gasteiger charge is -2.30. The summed E-state index contributed by atoms with van der Waals surface area (Å²) in [5.41, 5.74) is 0.613. The van der Waals surface area contributed by atoms with Crippen LogP contribution in [0.1, 0.15) is 19.8 Å². The molecule has 3 rings (SSSR count). The molecule has 0 radical (unpaired) electrons. The lowest BCUT2D eigenvalue weighted by Crippen LogP contribution is -2.44. The minimum Gasteiger partial charge on any atom is -0.494 e. The summed E-state index contributed by atoms with van der Waals surface area (Å²) in [6, 6.07) is 15.2. The number of benzene rings is 2. The molecule has 2 N–H and O–H groups in total. The largest absolute Gasteiger partial charge is 0.494 e. The number of hydrogen-bond donors (Lipinski definition) is 2. The molecule has 2 aromatic rings. The fourth-order valence-corrected chi connectivity index (χ4v) is 4.91. The summed E-state index contributed by atoms with van der Waals surface area (Å²) in [5.74, 6) is -0.171. The summed E-state index contributed by atoms with van der Waals surface area (Å²) >= 11 is 0. The van der Waals surface area contributed by atoms with Crippen molar-refractivity contribution in [3.8, 4) is 5.75 Å². The second-order valence-electron chi connectivity index (χ2n) is 7.21. The van der Waals surface area contributed by atoms with Crippen LogP contribution in [-0.2, 0) is 19.6 Å².